The molecule has 0 saturated heterocycles. The largest absolute Gasteiger partial charge is 0.325 e. The number of nitrogens with one attached hydrogen (secondary N) is 2. The monoisotopic (exact) mass is 206 g/mol. The quantitative estimate of drug-likeness (QED) is 0.789. The van der Waals surface area contributed by atoms with Crippen LogP contribution in [0.4, 0.5) is 5.69 Å². The molecule has 0 radical (unpaired) electrons. The molecule has 0 aliphatic rings. The second-order valence-electron chi connectivity index (χ2n) is 3.65. The molecule has 1 rings (SSSR count). The lowest BCUT2D eigenvalue weighted by Gasteiger charge is -2.09. The van der Waals surface area contributed by atoms with Crippen molar-refractivity contribution in [2.45, 2.75) is 20.8 Å². The lowest BCUT2D eigenvalue weighted by atomic mass is 10.1. The van der Waals surface area contributed by atoms with Gasteiger partial charge in [-0.3, -0.25) is 4.79 Å². The molecule has 1 aromatic carbocycles. The lowest BCUT2D eigenvalue weighted by Crippen LogP contribution is -2.28. The summed E-state index contributed by atoms with van der Waals surface area (Å²) in [7, 11) is 0. The fourth-order valence-corrected chi connectivity index (χ4v) is 1.30. The van der Waals surface area contributed by atoms with Gasteiger partial charge in [0.05, 0.1) is 6.54 Å². The molecule has 82 valence electrons. The first-order chi connectivity index (χ1) is 7.13. The van der Waals surface area contributed by atoms with Crippen LogP contribution in [0.5, 0.6) is 0 Å². The van der Waals surface area contributed by atoms with Crippen molar-refractivity contribution in [2.75, 3.05) is 18.4 Å². The van der Waals surface area contributed by atoms with Crippen molar-refractivity contribution in [3.63, 3.8) is 0 Å². The van der Waals surface area contributed by atoms with Gasteiger partial charge in [-0.15, -0.1) is 0 Å². The molecule has 0 unspecified atom stereocenters. The molecule has 1 amide bonds. The van der Waals surface area contributed by atoms with Crippen molar-refractivity contribution in [3.05, 3.63) is 29.3 Å². The maximum absolute atomic E-state index is 11.5. The maximum Gasteiger partial charge on any atom is 0.238 e. The molecule has 1 aromatic rings. The molecule has 0 fully saturated rings. The maximum atomic E-state index is 11.5. The van der Waals surface area contributed by atoms with Crippen molar-refractivity contribution in [1.29, 1.82) is 0 Å². The van der Waals surface area contributed by atoms with Crippen LogP contribution >= 0.6 is 0 Å². The zero-order chi connectivity index (χ0) is 11.3. The number of carbonyl (C=O) groups is 1. The highest BCUT2D eigenvalue weighted by Gasteiger charge is 2.03. The zero-order valence-electron chi connectivity index (χ0n) is 9.55. The first-order valence-electron chi connectivity index (χ1n) is 5.21. The van der Waals surface area contributed by atoms with Gasteiger partial charge in [-0.05, 0) is 37.6 Å². The highest BCUT2D eigenvalue weighted by atomic mass is 16.1. The van der Waals surface area contributed by atoms with Crippen LogP contribution in [-0.4, -0.2) is 19.0 Å². The molecule has 2 N–H and O–H groups in total. The molecular weight excluding hydrogens is 188 g/mol. The van der Waals surface area contributed by atoms with E-state index in [2.05, 4.69) is 10.6 Å². The Bertz CT molecular complexity index is 347. The minimum atomic E-state index is 0.00514. The van der Waals surface area contributed by atoms with Crippen LogP contribution in [0, 0.1) is 13.8 Å². The Balaban J connectivity index is 2.63. The number of carbonyl (C=O) groups excluding carboxylic acids is 1. The molecule has 0 aliphatic heterocycles. The number of hydrogen-bond donors (Lipinski definition) is 2. The minimum absolute atomic E-state index is 0.00514. The van der Waals surface area contributed by atoms with Crippen LogP contribution < -0.4 is 10.6 Å². The standard InChI is InChI=1S/C12H18N2O/c1-4-13-8-12(15)14-11-7-9(2)5-6-10(11)3/h5-7,13H,4,8H2,1-3H3,(H,14,15). The first kappa shape index (κ1) is 11.7. The molecule has 3 heteroatoms. The molecule has 0 heterocycles. The molecule has 0 bridgehead atoms. The van der Waals surface area contributed by atoms with E-state index in [9.17, 15) is 4.79 Å². The fraction of sp³-hybridized carbons (Fsp3) is 0.417. The van der Waals surface area contributed by atoms with E-state index >= 15 is 0 Å². The average Bonchev–Trinajstić information content (AvgIpc) is 2.20. The lowest BCUT2D eigenvalue weighted by molar-refractivity contribution is -0.115. The van der Waals surface area contributed by atoms with E-state index in [4.69, 9.17) is 0 Å². The van der Waals surface area contributed by atoms with E-state index in [0.717, 1.165) is 23.4 Å². The number of benzene rings is 1. The normalized spacial score (nSPS) is 10.1. The SMILES string of the molecule is CCNCC(=O)Nc1cc(C)ccc1C. The summed E-state index contributed by atoms with van der Waals surface area (Å²) in [6.07, 6.45) is 0. The summed E-state index contributed by atoms with van der Waals surface area (Å²) in [5.41, 5.74) is 3.14. The van der Waals surface area contributed by atoms with Crippen LogP contribution in [0.15, 0.2) is 18.2 Å². The van der Waals surface area contributed by atoms with E-state index in [0.29, 0.717) is 6.54 Å². The first-order valence-corrected chi connectivity index (χ1v) is 5.21. The summed E-state index contributed by atoms with van der Waals surface area (Å²) in [5, 5.41) is 5.87. The van der Waals surface area contributed by atoms with E-state index in [1.54, 1.807) is 0 Å². The second kappa shape index (κ2) is 5.51. The van der Waals surface area contributed by atoms with Crippen molar-refractivity contribution < 1.29 is 4.79 Å². The highest BCUT2D eigenvalue weighted by Crippen LogP contribution is 2.15. The Kier molecular flexibility index (Phi) is 4.31. The van der Waals surface area contributed by atoms with Crippen LogP contribution in [-0.2, 0) is 4.79 Å². The Labute approximate surface area is 90.9 Å². The van der Waals surface area contributed by atoms with Crippen molar-refractivity contribution in [2.24, 2.45) is 0 Å². The Hall–Kier alpha value is -1.35. The van der Waals surface area contributed by atoms with Gasteiger partial charge in [-0.1, -0.05) is 19.1 Å². The van der Waals surface area contributed by atoms with Crippen LogP contribution in [0.25, 0.3) is 0 Å². The number of anilines is 1. The van der Waals surface area contributed by atoms with E-state index in [1.165, 1.54) is 0 Å². The third-order valence-electron chi connectivity index (χ3n) is 2.20. The summed E-state index contributed by atoms with van der Waals surface area (Å²) in [4.78, 5) is 11.5. The second-order valence-corrected chi connectivity index (χ2v) is 3.65. The summed E-state index contributed by atoms with van der Waals surface area (Å²) < 4.78 is 0. The van der Waals surface area contributed by atoms with Gasteiger partial charge >= 0.3 is 0 Å². The average molecular weight is 206 g/mol. The molecular formula is C12H18N2O. The van der Waals surface area contributed by atoms with Crippen molar-refractivity contribution >= 4 is 11.6 Å². The summed E-state index contributed by atoms with van der Waals surface area (Å²) in [6.45, 7) is 7.15. The van der Waals surface area contributed by atoms with E-state index in [1.807, 2.05) is 39.0 Å². The Morgan fingerprint density at radius 1 is 1.33 bits per heavy atom. The highest BCUT2D eigenvalue weighted by molar-refractivity contribution is 5.93. The number of amides is 1. The van der Waals surface area contributed by atoms with E-state index < -0.39 is 0 Å². The van der Waals surface area contributed by atoms with Gasteiger partial charge in [-0.2, -0.15) is 0 Å². The van der Waals surface area contributed by atoms with Gasteiger partial charge in [0.25, 0.3) is 0 Å². The summed E-state index contributed by atoms with van der Waals surface area (Å²) in [6, 6.07) is 6.03. The van der Waals surface area contributed by atoms with Gasteiger partial charge in [0, 0.05) is 5.69 Å². The van der Waals surface area contributed by atoms with Gasteiger partial charge < -0.3 is 10.6 Å². The van der Waals surface area contributed by atoms with Crippen molar-refractivity contribution in [1.82, 2.24) is 5.32 Å². The third-order valence-corrected chi connectivity index (χ3v) is 2.20. The number of hydrogen-bond acceptors (Lipinski definition) is 2. The minimum Gasteiger partial charge on any atom is -0.325 e. The Morgan fingerprint density at radius 3 is 2.73 bits per heavy atom. The van der Waals surface area contributed by atoms with E-state index in [-0.39, 0.29) is 5.91 Å². The van der Waals surface area contributed by atoms with Crippen LogP contribution in [0.3, 0.4) is 0 Å². The number of aryl methyl sites for hydroxylation is 2. The molecule has 0 saturated carbocycles. The molecule has 15 heavy (non-hydrogen) atoms. The molecule has 3 nitrogen and oxygen atoms in total. The van der Waals surface area contributed by atoms with Crippen LogP contribution in [0.1, 0.15) is 18.1 Å². The molecule has 0 aromatic heterocycles. The van der Waals surface area contributed by atoms with Gasteiger partial charge in [0.2, 0.25) is 5.91 Å². The smallest absolute Gasteiger partial charge is 0.238 e. The molecule has 0 aliphatic carbocycles. The fourth-order valence-electron chi connectivity index (χ4n) is 1.30. The third kappa shape index (κ3) is 3.72. The number of rotatable bonds is 4. The Morgan fingerprint density at radius 2 is 2.07 bits per heavy atom. The van der Waals surface area contributed by atoms with Gasteiger partial charge in [0.1, 0.15) is 0 Å². The predicted octanol–water partition coefficient (Wildman–Crippen LogP) is 1.85. The molecule has 0 spiro atoms. The van der Waals surface area contributed by atoms with Gasteiger partial charge in [0.15, 0.2) is 0 Å². The summed E-state index contributed by atoms with van der Waals surface area (Å²) >= 11 is 0. The van der Waals surface area contributed by atoms with Crippen molar-refractivity contribution in [3.8, 4) is 0 Å². The zero-order valence-corrected chi connectivity index (χ0v) is 9.55. The number of likely N-dealkylation sites (N-methyl/N-ethyl adjacent to an activating group) is 1. The van der Waals surface area contributed by atoms with Crippen LogP contribution in [0.2, 0.25) is 0 Å². The molecule has 0 atom stereocenters. The summed E-state index contributed by atoms with van der Waals surface area (Å²) in [5.74, 6) is 0.00514. The predicted molar refractivity (Wildman–Crippen MR) is 63.1 cm³/mol. The topological polar surface area (TPSA) is 41.1 Å². The van der Waals surface area contributed by atoms with Gasteiger partial charge in [-0.25, -0.2) is 0 Å².